The molecule has 2 rings (SSSR count). The second-order valence-electron chi connectivity index (χ2n) is 4.38. The molecule has 1 N–H and O–H groups in total. The fraction of sp³-hybridized carbons (Fsp3) is 0.545. The lowest BCUT2D eigenvalue weighted by Gasteiger charge is -2.17. The van der Waals surface area contributed by atoms with Gasteiger partial charge in [0.05, 0.1) is 12.2 Å². The lowest BCUT2D eigenvalue weighted by molar-refractivity contribution is -0.136. The van der Waals surface area contributed by atoms with Gasteiger partial charge in [0.1, 0.15) is 23.4 Å². The van der Waals surface area contributed by atoms with Gasteiger partial charge in [0.15, 0.2) is 12.1 Å². The number of carbonyl (C=O) groups is 1. The maximum Gasteiger partial charge on any atom is 0.163 e. The minimum Gasteiger partial charge on any atom is -0.367 e. The van der Waals surface area contributed by atoms with Crippen LogP contribution in [0, 0.1) is 0 Å². The Morgan fingerprint density at radius 2 is 2.39 bits per heavy atom. The van der Waals surface area contributed by atoms with Gasteiger partial charge in [0.25, 0.3) is 0 Å². The molecule has 0 spiro atoms. The first-order valence-corrected chi connectivity index (χ1v) is 5.91. The standard InChI is InChI=1S/C11H14ClN3O3/c1-11(2)17-5-7(18-11)3-13-10-8(4-16)9(12)14-6-15-10/h4,6-7H,3,5H2,1-2H3,(H,13,14,15). The molecule has 2 heterocycles. The third kappa shape index (κ3) is 2.95. The Bertz CT molecular complexity index is 453. The summed E-state index contributed by atoms with van der Waals surface area (Å²) < 4.78 is 11.1. The van der Waals surface area contributed by atoms with Gasteiger partial charge in [-0.25, -0.2) is 9.97 Å². The van der Waals surface area contributed by atoms with Gasteiger partial charge in [-0.05, 0) is 13.8 Å². The Kier molecular flexibility index (Phi) is 3.79. The van der Waals surface area contributed by atoms with Crippen molar-refractivity contribution in [3.8, 4) is 0 Å². The maximum absolute atomic E-state index is 10.9. The average molecular weight is 272 g/mol. The highest BCUT2D eigenvalue weighted by Crippen LogP contribution is 2.23. The van der Waals surface area contributed by atoms with E-state index in [1.54, 1.807) is 0 Å². The Morgan fingerprint density at radius 1 is 1.61 bits per heavy atom. The molecule has 1 saturated heterocycles. The van der Waals surface area contributed by atoms with Crippen molar-refractivity contribution in [3.05, 3.63) is 17.0 Å². The van der Waals surface area contributed by atoms with E-state index in [0.717, 1.165) is 0 Å². The monoisotopic (exact) mass is 271 g/mol. The molecule has 0 aliphatic carbocycles. The summed E-state index contributed by atoms with van der Waals surface area (Å²) in [4.78, 5) is 18.6. The summed E-state index contributed by atoms with van der Waals surface area (Å²) in [6.07, 6.45) is 1.84. The molecule has 0 radical (unpaired) electrons. The van der Waals surface area contributed by atoms with Crippen LogP contribution >= 0.6 is 11.6 Å². The summed E-state index contributed by atoms with van der Waals surface area (Å²) in [5.74, 6) is -0.165. The highest BCUT2D eigenvalue weighted by atomic mass is 35.5. The molecule has 98 valence electrons. The molecule has 18 heavy (non-hydrogen) atoms. The third-order valence-corrected chi connectivity index (χ3v) is 2.82. The maximum atomic E-state index is 10.9. The van der Waals surface area contributed by atoms with E-state index in [2.05, 4.69) is 15.3 Å². The van der Waals surface area contributed by atoms with Crippen LogP contribution in [0.5, 0.6) is 0 Å². The number of rotatable bonds is 4. The van der Waals surface area contributed by atoms with Crippen LogP contribution in [0.25, 0.3) is 0 Å². The molecule has 0 saturated carbocycles. The molecule has 1 aliphatic heterocycles. The van der Waals surface area contributed by atoms with Gasteiger partial charge < -0.3 is 14.8 Å². The third-order valence-electron chi connectivity index (χ3n) is 2.52. The number of anilines is 1. The van der Waals surface area contributed by atoms with Crippen LogP contribution in [-0.4, -0.2) is 41.3 Å². The number of aromatic nitrogens is 2. The summed E-state index contributed by atoms with van der Waals surface area (Å²) in [6.45, 7) is 4.68. The average Bonchev–Trinajstić information content (AvgIpc) is 2.66. The van der Waals surface area contributed by atoms with Gasteiger partial charge in [-0.2, -0.15) is 0 Å². The molecule has 1 aliphatic rings. The SMILES string of the molecule is CC1(C)OCC(CNc2ncnc(Cl)c2C=O)O1. The molecule has 1 fully saturated rings. The quantitative estimate of drug-likeness (QED) is 0.661. The molecule has 1 unspecified atom stereocenters. The van der Waals surface area contributed by atoms with Crippen molar-refractivity contribution in [1.29, 1.82) is 0 Å². The number of hydrogen-bond donors (Lipinski definition) is 1. The number of ether oxygens (including phenoxy) is 2. The predicted octanol–water partition coefficient (Wildman–Crippen LogP) is 1.51. The number of aldehydes is 1. The van der Waals surface area contributed by atoms with E-state index in [1.807, 2.05) is 13.8 Å². The van der Waals surface area contributed by atoms with Crippen LogP contribution in [0.3, 0.4) is 0 Å². The summed E-state index contributed by atoms with van der Waals surface area (Å²) in [7, 11) is 0. The summed E-state index contributed by atoms with van der Waals surface area (Å²) in [5, 5.41) is 3.14. The van der Waals surface area contributed by atoms with Crippen molar-refractivity contribution in [2.75, 3.05) is 18.5 Å². The van der Waals surface area contributed by atoms with Crippen molar-refractivity contribution in [3.63, 3.8) is 0 Å². The Balaban J connectivity index is 1.99. The zero-order valence-electron chi connectivity index (χ0n) is 10.1. The zero-order valence-corrected chi connectivity index (χ0v) is 10.9. The van der Waals surface area contributed by atoms with Gasteiger partial charge in [0.2, 0.25) is 0 Å². The van der Waals surface area contributed by atoms with Gasteiger partial charge in [-0.15, -0.1) is 0 Å². The van der Waals surface area contributed by atoms with Gasteiger partial charge in [0, 0.05) is 6.54 Å². The predicted molar refractivity (Wildman–Crippen MR) is 65.8 cm³/mol. The van der Waals surface area contributed by atoms with E-state index in [0.29, 0.717) is 25.3 Å². The number of nitrogens with zero attached hydrogens (tertiary/aromatic N) is 2. The lowest BCUT2D eigenvalue weighted by Crippen LogP contribution is -2.26. The van der Waals surface area contributed by atoms with E-state index in [1.165, 1.54) is 6.33 Å². The summed E-state index contributed by atoms with van der Waals surface area (Å²) in [5.41, 5.74) is 0.248. The zero-order chi connectivity index (χ0) is 13.2. The topological polar surface area (TPSA) is 73.3 Å². The molecule has 1 atom stereocenters. The molecule has 6 nitrogen and oxygen atoms in total. The smallest absolute Gasteiger partial charge is 0.163 e. The number of carbonyl (C=O) groups excluding carboxylic acids is 1. The molecular weight excluding hydrogens is 258 g/mol. The van der Waals surface area contributed by atoms with Crippen molar-refractivity contribution in [2.45, 2.75) is 25.7 Å². The van der Waals surface area contributed by atoms with E-state index in [4.69, 9.17) is 21.1 Å². The van der Waals surface area contributed by atoms with E-state index >= 15 is 0 Å². The highest BCUT2D eigenvalue weighted by molar-refractivity contribution is 6.32. The fourth-order valence-corrected chi connectivity index (χ4v) is 1.87. The number of hydrogen-bond acceptors (Lipinski definition) is 6. The minimum atomic E-state index is -0.566. The van der Waals surface area contributed by atoms with Crippen molar-refractivity contribution in [2.24, 2.45) is 0 Å². The first-order valence-electron chi connectivity index (χ1n) is 5.53. The second-order valence-corrected chi connectivity index (χ2v) is 4.73. The lowest BCUT2D eigenvalue weighted by atomic mass is 10.3. The van der Waals surface area contributed by atoms with Crippen molar-refractivity contribution >= 4 is 23.7 Å². The van der Waals surface area contributed by atoms with E-state index < -0.39 is 5.79 Å². The van der Waals surface area contributed by atoms with Gasteiger partial charge >= 0.3 is 0 Å². The molecule has 1 aromatic heterocycles. The second kappa shape index (κ2) is 5.17. The normalized spacial score (nSPS) is 21.8. The van der Waals surface area contributed by atoms with Crippen molar-refractivity contribution in [1.82, 2.24) is 9.97 Å². The number of nitrogens with one attached hydrogen (secondary N) is 1. The minimum absolute atomic E-state index is 0.0896. The first kappa shape index (κ1) is 13.2. The Hall–Kier alpha value is -1.24. The Labute approximate surface area is 110 Å². The van der Waals surface area contributed by atoms with Crippen LogP contribution < -0.4 is 5.32 Å². The molecule has 7 heteroatoms. The van der Waals surface area contributed by atoms with Crippen LogP contribution in [-0.2, 0) is 9.47 Å². The fourth-order valence-electron chi connectivity index (χ4n) is 1.69. The largest absolute Gasteiger partial charge is 0.367 e. The van der Waals surface area contributed by atoms with E-state index in [9.17, 15) is 4.79 Å². The van der Waals surface area contributed by atoms with Crippen LogP contribution in [0.2, 0.25) is 5.15 Å². The molecule has 0 bridgehead atoms. The summed E-state index contributed by atoms with van der Waals surface area (Å²) >= 11 is 5.79. The first-order chi connectivity index (χ1) is 8.52. The molecule has 0 amide bonds. The number of halogens is 1. The van der Waals surface area contributed by atoms with Crippen molar-refractivity contribution < 1.29 is 14.3 Å². The highest BCUT2D eigenvalue weighted by Gasteiger charge is 2.32. The Morgan fingerprint density at radius 3 is 3.00 bits per heavy atom. The van der Waals surface area contributed by atoms with Gasteiger partial charge in [-0.1, -0.05) is 11.6 Å². The summed E-state index contributed by atoms with van der Waals surface area (Å²) in [6, 6.07) is 0. The molecular formula is C11H14ClN3O3. The molecule has 1 aromatic rings. The van der Waals surface area contributed by atoms with Crippen LogP contribution in [0.1, 0.15) is 24.2 Å². The van der Waals surface area contributed by atoms with Gasteiger partial charge in [-0.3, -0.25) is 4.79 Å². The van der Waals surface area contributed by atoms with E-state index in [-0.39, 0.29) is 16.8 Å². The van der Waals surface area contributed by atoms with Crippen LogP contribution in [0.15, 0.2) is 6.33 Å². The van der Waals surface area contributed by atoms with Crippen LogP contribution in [0.4, 0.5) is 5.82 Å². The molecule has 0 aromatic carbocycles.